The number of halogens is 1. The van der Waals surface area contributed by atoms with Crippen molar-refractivity contribution < 1.29 is 14.7 Å². The van der Waals surface area contributed by atoms with Crippen LogP contribution in [0, 0.1) is 0 Å². The third kappa shape index (κ3) is 4.14. The fourth-order valence-corrected chi connectivity index (χ4v) is 3.20. The van der Waals surface area contributed by atoms with Gasteiger partial charge in [0.15, 0.2) is 0 Å². The Morgan fingerprint density at radius 2 is 1.96 bits per heavy atom. The number of piperidine rings is 1. The maximum Gasteiger partial charge on any atom is 0.404 e. The Labute approximate surface area is 141 Å². The molecule has 1 aromatic carbocycles. The molecule has 3 N–H and O–H groups in total. The van der Waals surface area contributed by atoms with Gasteiger partial charge in [-0.2, -0.15) is 0 Å². The fourth-order valence-electron chi connectivity index (χ4n) is 3.20. The summed E-state index contributed by atoms with van der Waals surface area (Å²) in [6.07, 6.45) is 1.36. The Balaban J connectivity index is 0.00000192. The summed E-state index contributed by atoms with van der Waals surface area (Å²) in [6, 6.07) is 5.91. The normalized spacial score (nSPS) is 17.8. The molecule has 6 nitrogen and oxygen atoms in total. The summed E-state index contributed by atoms with van der Waals surface area (Å²) in [4.78, 5) is 25.0. The Hall–Kier alpha value is -1.79. The second kappa shape index (κ2) is 7.66. The van der Waals surface area contributed by atoms with Crippen LogP contribution < -0.4 is 10.6 Å². The van der Waals surface area contributed by atoms with E-state index in [1.165, 1.54) is 11.1 Å². The van der Waals surface area contributed by atoms with E-state index in [1.54, 1.807) is 0 Å². The lowest BCUT2D eigenvalue weighted by Gasteiger charge is -2.32. The number of carboxylic acid groups (broad SMARTS) is 1. The molecule has 0 unspecified atom stereocenters. The van der Waals surface area contributed by atoms with Crippen molar-refractivity contribution in [3.63, 3.8) is 0 Å². The number of likely N-dealkylation sites (tertiary alicyclic amines) is 1. The average Bonchev–Trinajstić information content (AvgIpc) is 2.54. The molecule has 0 aliphatic carbocycles. The van der Waals surface area contributed by atoms with Crippen LogP contribution in [0.5, 0.6) is 0 Å². The molecular weight excluding hydrogens is 318 g/mol. The number of amides is 2. The molecule has 0 spiro atoms. The summed E-state index contributed by atoms with van der Waals surface area (Å²) < 4.78 is 0. The van der Waals surface area contributed by atoms with E-state index < -0.39 is 6.09 Å². The number of nitrogens with zero attached hydrogens (tertiary/aromatic N) is 1. The number of nitrogens with one attached hydrogen (secondary N) is 2. The van der Waals surface area contributed by atoms with Crippen molar-refractivity contribution in [2.24, 2.45) is 0 Å². The van der Waals surface area contributed by atoms with Gasteiger partial charge in [-0.25, -0.2) is 4.79 Å². The molecule has 1 aromatic rings. The van der Waals surface area contributed by atoms with Crippen LogP contribution in [0.25, 0.3) is 0 Å². The maximum atomic E-state index is 12.6. The largest absolute Gasteiger partial charge is 0.465 e. The van der Waals surface area contributed by atoms with Gasteiger partial charge in [-0.1, -0.05) is 6.07 Å². The highest BCUT2D eigenvalue weighted by Crippen LogP contribution is 2.19. The summed E-state index contributed by atoms with van der Waals surface area (Å²) >= 11 is 0. The quantitative estimate of drug-likeness (QED) is 0.765. The van der Waals surface area contributed by atoms with Crippen molar-refractivity contribution >= 4 is 24.4 Å². The smallest absolute Gasteiger partial charge is 0.404 e. The molecule has 0 radical (unpaired) electrons. The summed E-state index contributed by atoms with van der Waals surface area (Å²) in [6.45, 7) is 3.00. The van der Waals surface area contributed by atoms with Gasteiger partial charge in [-0.15, -0.1) is 12.4 Å². The molecule has 2 aliphatic rings. The van der Waals surface area contributed by atoms with Gasteiger partial charge < -0.3 is 20.6 Å². The maximum absolute atomic E-state index is 12.6. The standard InChI is InChI=1S/C16H21N3O3.ClH/c20-15(19-7-4-14(5-8-19)18-16(21)22)12-2-1-11-3-6-17-10-13(11)9-12;/h1-2,9,14,17-18H,3-8,10H2,(H,21,22);1H. The highest BCUT2D eigenvalue weighted by atomic mass is 35.5. The molecule has 1 saturated heterocycles. The van der Waals surface area contributed by atoms with Gasteiger partial charge in [0, 0.05) is 31.2 Å². The van der Waals surface area contributed by atoms with Crippen LogP contribution in [0.2, 0.25) is 0 Å². The second-order valence-electron chi connectivity index (χ2n) is 5.93. The zero-order valence-corrected chi connectivity index (χ0v) is 13.7. The third-order valence-corrected chi connectivity index (χ3v) is 4.45. The van der Waals surface area contributed by atoms with Crippen LogP contribution in [-0.4, -0.2) is 47.7 Å². The van der Waals surface area contributed by atoms with Crippen LogP contribution in [0.15, 0.2) is 18.2 Å². The number of hydrogen-bond donors (Lipinski definition) is 3. The average molecular weight is 340 g/mol. The fraction of sp³-hybridized carbons (Fsp3) is 0.500. The predicted molar refractivity (Wildman–Crippen MR) is 89.2 cm³/mol. The van der Waals surface area contributed by atoms with E-state index in [1.807, 2.05) is 17.0 Å². The van der Waals surface area contributed by atoms with Crippen molar-refractivity contribution in [3.8, 4) is 0 Å². The first-order valence-electron chi connectivity index (χ1n) is 7.75. The summed E-state index contributed by atoms with van der Waals surface area (Å²) in [7, 11) is 0. The molecule has 7 heteroatoms. The number of fused-ring (bicyclic) bond motifs is 1. The van der Waals surface area contributed by atoms with Gasteiger partial charge in [0.05, 0.1) is 0 Å². The number of benzene rings is 1. The second-order valence-corrected chi connectivity index (χ2v) is 5.93. The molecule has 0 atom stereocenters. The van der Waals surface area contributed by atoms with Gasteiger partial charge in [0.1, 0.15) is 0 Å². The monoisotopic (exact) mass is 339 g/mol. The Bertz CT molecular complexity index is 586. The van der Waals surface area contributed by atoms with E-state index in [0.717, 1.165) is 25.1 Å². The van der Waals surface area contributed by atoms with Crippen molar-refractivity contribution in [2.75, 3.05) is 19.6 Å². The van der Waals surface area contributed by atoms with Crippen LogP contribution >= 0.6 is 12.4 Å². The lowest BCUT2D eigenvalue weighted by Crippen LogP contribution is -2.46. The Kier molecular flexibility index (Phi) is 5.85. The molecule has 0 saturated carbocycles. The van der Waals surface area contributed by atoms with E-state index in [2.05, 4.69) is 16.7 Å². The van der Waals surface area contributed by atoms with Crippen LogP contribution in [-0.2, 0) is 13.0 Å². The van der Waals surface area contributed by atoms with Crippen molar-refractivity contribution in [1.29, 1.82) is 0 Å². The first kappa shape index (κ1) is 17.6. The van der Waals surface area contributed by atoms with Crippen LogP contribution in [0.1, 0.15) is 34.3 Å². The summed E-state index contributed by atoms with van der Waals surface area (Å²) in [5.41, 5.74) is 3.26. The molecule has 0 aromatic heterocycles. The van der Waals surface area contributed by atoms with E-state index in [-0.39, 0.29) is 24.4 Å². The number of hydrogen-bond acceptors (Lipinski definition) is 3. The third-order valence-electron chi connectivity index (χ3n) is 4.45. The molecule has 3 rings (SSSR count). The minimum atomic E-state index is -0.994. The minimum absolute atomic E-state index is 0. The lowest BCUT2D eigenvalue weighted by atomic mass is 9.97. The van der Waals surface area contributed by atoms with Crippen molar-refractivity contribution in [1.82, 2.24) is 15.5 Å². The van der Waals surface area contributed by atoms with Crippen LogP contribution in [0.4, 0.5) is 4.79 Å². The molecule has 2 heterocycles. The van der Waals surface area contributed by atoms with Crippen LogP contribution in [0.3, 0.4) is 0 Å². The molecular formula is C16H22ClN3O3. The SMILES string of the molecule is Cl.O=C(O)NC1CCN(C(=O)c2ccc3c(c2)CNCC3)CC1. The lowest BCUT2D eigenvalue weighted by molar-refractivity contribution is 0.0706. The summed E-state index contributed by atoms with van der Waals surface area (Å²) in [5, 5.41) is 14.5. The van der Waals surface area contributed by atoms with E-state index in [0.29, 0.717) is 25.9 Å². The van der Waals surface area contributed by atoms with Gasteiger partial charge in [0.25, 0.3) is 5.91 Å². The van der Waals surface area contributed by atoms with Gasteiger partial charge >= 0.3 is 6.09 Å². The molecule has 2 aliphatic heterocycles. The van der Waals surface area contributed by atoms with E-state index >= 15 is 0 Å². The number of rotatable bonds is 2. The van der Waals surface area contributed by atoms with Crippen molar-refractivity contribution in [3.05, 3.63) is 34.9 Å². The summed E-state index contributed by atoms with van der Waals surface area (Å²) in [5.74, 6) is 0.0437. The van der Waals surface area contributed by atoms with E-state index in [9.17, 15) is 9.59 Å². The Morgan fingerprint density at radius 1 is 1.22 bits per heavy atom. The zero-order valence-electron chi connectivity index (χ0n) is 12.9. The first-order chi connectivity index (χ1) is 10.6. The molecule has 126 valence electrons. The van der Waals surface area contributed by atoms with Gasteiger partial charge in [-0.05, 0) is 49.1 Å². The number of carbonyl (C=O) groups excluding carboxylic acids is 1. The predicted octanol–water partition coefficient (Wildman–Crippen LogP) is 1.63. The number of carbonyl (C=O) groups is 2. The Morgan fingerprint density at radius 3 is 2.65 bits per heavy atom. The van der Waals surface area contributed by atoms with E-state index in [4.69, 9.17) is 5.11 Å². The molecule has 2 amide bonds. The molecule has 0 bridgehead atoms. The first-order valence-corrected chi connectivity index (χ1v) is 7.75. The van der Waals surface area contributed by atoms with Crippen molar-refractivity contribution in [2.45, 2.75) is 31.8 Å². The van der Waals surface area contributed by atoms with Gasteiger partial charge in [0.2, 0.25) is 0 Å². The molecule has 23 heavy (non-hydrogen) atoms. The minimum Gasteiger partial charge on any atom is -0.465 e. The topological polar surface area (TPSA) is 81.7 Å². The highest BCUT2D eigenvalue weighted by Gasteiger charge is 2.25. The zero-order chi connectivity index (χ0) is 15.5. The van der Waals surface area contributed by atoms with Gasteiger partial charge in [-0.3, -0.25) is 4.79 Å². The highest BCUT2D eigenvalue weighted by molar-refractivity contribution is 5.94. The molecule has 1 fully saturated rings.